The Labute approximate surface area is 168 Å². The summed E-state index contributed by atoms with van der Waals surface area (Å²) in [6.45, 7) is 0. The van der Waals surface area contributed by atoms with E-state index in [1.165, 1.54) is 47.2 Å². The number of aryl methyl sites for hydroxylation is 2. The van der Waals surface area contributed by atoms with Gasteiger partial charge in [-0.25, -0.2) is 18.5 Å². The summed E-state index contributed by atoms with van der Waals surface area (Å²) in [4.78, 5) is 11.1. The van der Waals surface area contributed by atoms with Gasteiger partial charge < -0.3 is 11.1 Å². The van der Waals surface area contributed by atoms with Gasteiger partial charge in [0.1, 0.15) is 16.8 Å². The van der Waals surface area contributed by atoms with Gasteiger partial charge in [-0.15, -0.1) is 0 Å². The second-order valence-electron chi connectivity index (χ2n) is 6.60. The summed E-state index contributed by atoms with van der Waals surface area (Å²) in [7, 11) is -1.74. The second-order valence-corrected chi connectivity index (χ2v) is 8.55. The van der Waals surface area contributed by atoms with E-state index >= 15 is 0 Å². The van der Waals surface area contributed by atoms with Gasteiger partial charge in [-0.05, 0) is 79.0 Å². The molecule has 0 aromatic heterocycles. The van der Waals surface area contributed by atoms with Crippen molar-refractivity contribution in [3.05, 3.63) is 56.8 Å². The molecule has 0 spiro atoms. The Balaban J connectivity index is 0.000000168. The molecule has 0 bridgehead atoms. The summed E-state index contributed by atoms with van der Waals surface area (Å²) in [5.41, 5.74) is 11.8. The number of nitrogens with one attached hydrogen (secondary N) is 1. The highest BCUT2D eigenvalue weighted by Crippen LogP contribution is 2.38. The number of primary amides is 1. The predicted molar refractivity (Wildman–Crippen MR) is 108 cm³/mol. The Morgan fingerprint density at radius 2 is 1.67 bits per heavy atom. The van der Waals surface area contributed by atoms with Crippen molar-refractivity contribution in [2.45, 2.75) is 43.4 Å². The van der Waals surface area contributed by atoms with Crippen LogP contribution in [-0.4, -0.2) is 10.2 Å². The van der Waals surface area contributed by atoms with Gasteiger partial charge in [0, 0.05) is 10.2 Å². The minimum absolute atomic E-state index is 0.0215. The molecule has 1 atom stereocenters. The van der Waals surface area contributed by atoms with E-state index in [2.05, 4.69) is 27.3 Å². The van der Waals surface area contributed by atoms with E-state index < -0.39 is 22.8 Å². The van der Waals surface area contributed by atoms with Gasteiger partial charge in [0.25, 0.3) is 0 Å². The molecule has 2 aliphatic rings. The van der Waals surface area contributed by atoms with Crippen LogP contribution >= 0.6 is 15.9 Å². The average Bonchev–Trinajstić information content (AvgIpc) is 3.23. The summed E-state index contributed by atoms with van der Waals surface area (Å²) in [6.07, 6.45) is 6.86. The van der Waals surface area contributed by atoms with E-state index in [0.29, 0.717) is 4.47 Å². The third kappa shape index (κ3) is 4.56. The van der Waals surface area contributed by atoms with Crippen LogP contribution in [0.2, 0.25) is 0 Å². The highest BCUT2D eigenvalue weighted by Gasteiger charge is 2.24. The summed E-state index contributed by atoms with van der Waals surface area (Å²) >= 11 is 3.07. The molecule has 2 aromatic rings. The maximum Gasteiger partial charge on any atom is 0.316 e. The zero-order chi connectivity index (χ0) is 19.6. The minimum Gasteiger partial charge on any atom is -0.351 e. The van der Waals surface area contributed by atoms with Gasteiger partial charge in [-0.1, -0.05) is 22.0 Å². The van der Waals surface area contributed by atoms with Crippen molar-refractivity contribution in [2.75, 3.05) is 5.32 Å². The molecule has 0 saturated heterocycles. The number of carbonyl (C=O) groups is 1. The number of hydrogen-bond donors (Lipinski definition) is 3. The fourth-order valence-corrected chi connectivity index (χ4v) is 4.52. The van der Waals surface area contributed by atoms with Crippen LogP contribution in [-0.2, 0) is 36.7 Å². The molecule has 0 saturated carbocycles. The van der Waals surface area contributed by atoms with Gasteiger partial charge >= 0.3 is 6.03 Å². The lowest BCUT2D eigenvalue weighted by Crippen LogP contribution is -2.21. The average molecular weight is 454 g/mol. The third-order valence-corrected chi connectivity index (χ3v) is 6.09. The largest absolute Gasteiger partial charge is 0.351 e. The van der Waals surface area contributed by atoms with Crippen LogP contribution in [0.4, 0.5) is 14.9 Å². The van der Waals surface area contributed by atoms with Crippen molar-refractivity contribution in [1.82, 2.24) is 0 Å². The van der Waals surface area contributed by atoms with Crippen molar-refractivity contribution in [3.8, 4) is 0 Å². The van der Waals surface area contributed by atoms with E-state index in [1.54, 1.807) is 6.07 Å². The Kier molecular flexibility index (Phi) is 6.29. The lowest BCUT2D eigenvalue weighted by molar-refractivity contribution is 0.259. The van der Waals surface area contributed by atoms with E-state index in [1.807, 2.05) is 0 Å². The molecular weight excluding hydrogens is 433 g/mol. The molecule has 0 radical (unpaired) electrons. The Bertz CT molecular complexity index is 888. The summed E-state index contributed by atoms with van der Waals surface area (Å²) < 4.78 is 24.0. The van der Waals surface area contributed by atoms with E-state index in [4.69, 9.17) is 10.9 Å². The quantitative estimate of drug-likeness (QED) is 0.645. The first kappa shape index (κ1) is 20.0. The van der Waals surface area contributed by atoms with Gasteiger partial charge in [-0.3, -0.25) is 0 Å². The van der Waals surface area contributed by atoms with Crippen molar-refractivity contribution in [2.24, 2.45) is 10.9 Å². The number of carbonyl (C=O) groups excluding carboxylic acids is 1. The molecule has 2 aliphatic carbocycles. The van der Waals surface area contributed by atoms with Gasteiger partial charge in [-0.2, -0.15) is 0 Å². The predicted octanol–water partition coefficient (Wildman–Crippen LogP) is 3.72. The van der Waals surface area contributed by atoms with Crippen LogP contribution in [0.5, 0.6) is 0 Å². The first-order valence-corrected chi connectivity index (χ1v) is 10.7. The van der Waals surface area contributed by atoms with E-state index in [9.17, 15) is 13.4 Å². The fourth-order valence-electron chi connectivity index (χ4n) is 3.73. The van der Waals surface area contributed by atoms with Gasteiger partial charge in [0.2, 0.25) is 0 Å². The van der Waals surface area contributed by atoms with Gasteiger partial charge in [0.15, 0.2) is 0 Å². The van der Waals surface area contributed by atoms with Crippen LogP contribution in [0, 0.1) is 5.82 Å². The van der Waals surface area contributed by atoms with Crippen molar-refractivity contribution < 1.29 is 13.4 Å². The number of anilines is 1. The van der Waals surface area contributed by atoms with Crippen LogP contribution in [0.25, 0.3) is 0 Å². The lowest BCUT2D eigenvalue weighted by Gasteiger charge is -2.14. The molecule has 4 rings (SSSR count). The van der Waals surface area contributed by atoms with Crippen LogP contribution in [0.1, 0.15) is 35.1 Å². The van der Waals surface area contributed by atoms with Crippen molar-refractivity contribution in [3.63, 3.8) is 0 Å². The molecule has 5 N–H and O–H groups in total. The molecule has 0 heterocycles. The number of fused-ring (bicyclic) bond motifs is 2. The number of hydrogen-bond acceptors (Lipinski definition) is 2. The zero-order valence-electron chi connectivity index (χ0n) is 14.7. The van der Waals surface area contributed by atoms with Crippen LogP contribution in [0.15, 0.2) is 33.6 Å². The number of benzene rings is 2. The van der Waals surface area contributed by atoms with Gasteiger partial charge in [0.05, 0.1) is 4.90 Å². The smallest absolute Gasteiger partial charge is 0.316 e. The van der Waals surface area contributed by atoms with E-state index in [0.717, 1.165) is 31.4 Å². The van der Waals surface area contributed by atoms with Crippen molar-refractivity contribution in [1.29, 1.82) is 0 Å². The summed E-state index contributed by atoms with van der Waals surface area (Å²) in [6, 6.07) is 6.10. The first-order valence-electron chi connectivity index (χ1n) is 8.71. The first-order chi connectivity index (χ1) is 12.9. The highest BCUT2D eigenvalue weighted by molar-refractivity contribution is 9.10. The minimum atomic E-state index is -1.74. The lowest BCUT2D eigenvalue weighted by atomic mass is 9.99. The number of nitrogens with two attached hydrogens (primary N) is 2. The second kappa shape index (κ2) is 8.50. The third-order valence-electron chi connectivity index (χ3n) is 4.83. The number of urea groups is 1. The van der Waals surface area contributed by atoms with Crippen molar-refractivity contribution >= 4 is 38.6 Å². The molecule has 0 fully saturated rings. The molecule has 144 valence electrons. The molecule has 5 nitrogen and oxygen atoms in total. The molecule has 2 aromatic carbocycles. The molecular formula is C19H21BrFN3O2S. The van der Waals surface area contributed by atoms with E-state index in [-0.39, 0.29) is 4.90 Å². The molecule has 27 heavy (non-hydrogen) atoms. The normalized spacial score (nSPS) is 15.4. The molecule has 8 heteroatoms. The zero-order valence-corrected chi connectivity index (χ0v) is 17.1. The summed E-state index contributed by atoms with van der Waals surface area (Å²) in [5.74, 6) is -0.555. The molecule has 0 aliphatic heterocycles. The summed E-state index contributed by atoms with van der Waals surface area (Å²) in [5, 5.41) is 7.83. The maximum absolute atomic E-state index is 12.8. The van der Waals surface area contributed by atoms with Crippen LogP contribution in [0.3, 0.4) is 0 Å². The fraction of sp³-hybridized carbons (Fsp3) is 0.316. The Morgan fingerprint density at radius 3 is 2.15 bits per heavy atom. The SMILES string of the molecule is NC(=O)Nc1c2c(cc3c1CCC3)CCC2.NS(=O)c1ccc(Br)cc1F. The van der Waals surface area contributed by atoms with Crippen LogP contribution < -0.4 is 16.2 Å². The number of rotatable bonds is 2. The Morgan fingerprint density at radius 1 is 1.07 bits per heavy atom. The topological polar surface area (TPSA) is 98.2 Å². The monoisotopic (exact) mass is 453 g/mol. The Hall–Kier alpha value is -1.77. The molecule has 1 unspecified atom stereocenters. The highest BCUT2D eigenvalue weighted by atomic mass is 79.9. The number of halogens is 2. The standard InChI is InChI=1S/C13H16N2O.C6H5BrFNOS/c14-13(16)15-12-10-5-1-3-8(10)7-9-4-2-6-11(9)12;7-4-1-2-6(11(9)10)5(8)3-4/h7H,1-6H2,(H3,14,15,16);1-3H,9H2. The maximum atomic E-state index is 12.8. The number of amides is 2. The molecule has 2 amide bonds.